The lowest BCUT2D eigenvalue weighted by atomic mass is 10.0. The van der Waals surface area contributed by atoms with Gasteiger partial charge in [-0.15, -0.1) is 0 Å². The minimum Gasteiger partial charge on any atom is -0.432 e. The highest BCUT2D eigenvalue weighted by atomic mass is 32.5. The number of nitrogens with zero attached hydrogens (tertiary/aromatic N) is 1. The van der Waals surface area contributed by atoms with E-state index in [0.29, 0.717) is 0 Å². The molecule has 0 spiro atoms. The Kier molecular flexibility index (Phi) is 5.76. The first-order chi connectivity index (χ1) is 14.2. The van der Waals surface area contributed by atoms with Crippen molar-refractivity contribution >= 4 is 23.6 Å². The van der Waals surface area contributed by atoms with E-state index in [-0.39, 0.29) is 0 Å². The Balaban J connectivity index is 1.95. The second-order valence-electron chi connectivity index (χ2n) is 8.33. The van der Waals surface area contributed by atoms with Crippen molar-refractivity contribution in [1.82, 2.24) is 4.90 Å². The van der Waals surface area contributed by atoms with Crippen molar-refractivity contribution in [2.75, 3.05) is 7.05 Å². The monoisotopic (exact) mass is 437 g/mol. The third kappa shape index (κ3) is 4.18. The Morgan fingerprint density at radius 2 is 1.23 bits per heavy atom. The van der Waals surface area contributed by atoms with Crippen molar-refractivity contribution in [3.05, 3.63) is 88.0 Å². The summed E-state index contributed by atoms with van der Waals surface area (Å²) < 4.78 is 13.4. The first kappa shape index (κ1) is 21.1. The van der Waals surface area contributed by atoms with Gasteiger partial charge in [0.15, 0.2) is 0 Å². The van der Waals surface area contributed by atoms with Gasteiger partial charge in [0.2, 0.25) is 0 Å². The molecule has 0 aromatic heterocycles. The summed E-state index contributed by atoms with van der Waals surface area (Å²) in [5, 5.41) is 0.922. The molecule has 3 aromatic rings. The molecular weight excluding hydrogens is 409 g/mol. The van der Waals surface area contributed by atoms with Gasteiger partial charge in [-0.3, -0.25) is 4.90 Å². The Labute approximate surface area is 184 Å². The fourth-order valence-electron chi connectivity index (χ4n) is 4.19. The number of fused-ring (bicyclic) bond motifs is 2. The zero-order valence-corrected chi connectivity index (χ0v) is 19.9. The average Bonchev–Trinajstić information content (AvgIpc) is 2.67. The van der Waals surface area contributed by atoms with Crippen LogP contribution >= 0.6 is 6.49 Å². The number of benzene rings is 3. The molecule has 1 aliphatic heterocycles. The molecule has 156 valence electrons. The van der Waals surface area contributed by atoms with Crippen LogP contribution in [0.25, 0.3) is 0 Å². The van der Waals surface area contributed by atoms with E-state index in [1.165, 1.54) is 11.1 Å². The van der Waals surface area contributed by atoms with Crippen molar-refractivity contribution in [1.29, 1.82) is 0 Å². The van der Waals surface area contributed by atoms with Gasteiger partial charge in [0, 0.05) is 24.2 Å². The molecule has 0 N–H and O–H groups in total. The van der Waals surface area contributed by atoms with Crippen LogP contribution in [0.4, 0.5) is 0 Å². The Morgan fingerprint density at radius 3 is 1.70 bits per heavy atom. The van der Waals surface area contributed by atoms with Crippen LogP contribution in [0.15, 0.2) is 54.6 Å². The van der Waals surface area contributed by atoms with E-state index in [1.807, 2.05) is 30.3 Å². The summed E-state index contributed by atoms with van der Waals surface area (Å²) in [5.41, 5.74) is 6.93. The average molecular weight is 438 g/mol. The molecule has 0 bridgehead atoms. The quantitative estimate of drug-likeness (QED) is 0.438. The molecule has 5 heteroatoms. The third-order valence-electron chi connectivity index (χ3n) is 5.37. The molecule has 3 nitrogen and oxygen atoms in total. The third-order valence-corrected chi connectivity index (χ3v) is 8.22. The fourth-order valence-corrected chi connectivity index (χ4v) is 6.79. The van der Waals surface area contributed by atoms with Crippen molar-refractivity contribution in [2.24, 2.45) is 0 Å². The summed E-state index contributed by atoms with van der Waals surface area (Å²) in [7, 11) is 2.14. The maximum absolute atomic E-state index is 6.70. The summed E-state index contributed by atoms with van der Waals surface area (Å²) in [4.78, 5) is 2.31. The van der Waals surface area contributed by atoms with Crippen LogP contribution < -0.4 is 14.4 Å². The van der Waals surface area contributed by atoms with Gasteiger partial charge in [0.1, 0.15) is 11.5 Å². The van der Waals surface area contributed by atoms with E-state index in [1.54, 1.807) is 0 Å². The maximum Gasteiger partial charge on any atom is 0.319 e. The van der Waals surface area contributed by atoms with Crippen molar-refractivity contribution in [2.45, 2.75) is 40.8 Å². The predicted molar refractivity (Wildman–Crippen MR) is 129 cm³/mol. The normalized spacial score (nSPS) is 16.0. The van der Waals surface area contributed by atoms with Crippen LogP contribution in [0.2, 0.25) is 0 Å². The molecular formula is C25H28NO2PS. The van der Waals surface area contributed by atoms with E-state index < -0.39 is 6.49 Å². The van der Waals surface area contributed by atoms with Gasteiger partial charge in [-0.05, 0) is 69.8 Å². The summed E-state index contributed by atoms with van der Waals surface area (Å²) in [5.74, 6) is 1.71. The predicted octanol–water partition coefficient (Wildman–Crippen LogP) is 5.96. The van der Waals surface area contributed by atoms with E-state index >= 15 is 0 Å². The SMILES string of the molecule is Cc1cc(C)c2c(c1)CN(C)Cc1cc(C)cc(C)c1OP(=S)(c1ccccc1)O2. The molecule has 0 aliphatic carbocycles. The Morgan fingerprint density at radius 1 is 0.767 bits per heavy atom. The highest BCUT2D eigenvalue weighted by Crippen LogP contribution is 2.51. The van der Waals surface area contributed by atoms with Crippen LogP contribution in [0.5, 0.6) is 11.5 Å². The fraction of sp³-hybridized carbons (Fsp3) is 0.280. The summed E-state index contributed by atoms with van der Waals surface area (Å²) in [6, 6.07) is 18.7. The molecule has 30 heavy (non-hydrogen) atoms. The Hall–Kier alpha value is -2.13. The molecule has 0 amide bonds. The molecule has 0 atom stereocenters. The lowest BCUT2D eigenvalue weighted by Crippen LogP contribution is -2.23. The van der Waals surface area contributed by atoms with E-state index in [2.05, 4.69) is 63.9 Å². The second-order valence-corrected chi connectivity index (χ2v) is 11.6. The molecule has 0 unspecified atom stereocenters. The zero-order chi connectivity index (χ0) is 21.5. The summed E-state index contributed by atoms with van der Waals surface area (Å²) >= 11 is 6.19. The number of hydrogen-bond donors (Lipinski definition) is 0. The molecule has 3 aromatic carbocycles. The van der Waals surface area contributed by atoms with Gasteiger partial charge in [-0.1, -0.05) is 53.6 Å². The first-order valence-corrected chi connectivity index (χ1v) is 12.8. The van der Waals surface area contributed by atoms with Crippen LogP contribution in [-0.2, 0) is 24.9 Å². The maximum atomic E-state index is 6.70. The van der Waals surface area contributed by atoms with Gasteiger partial charge in [0.05, 0.1) is 5.30 Å². The number of rotatable bonds is 1. The van der Waals surface area contributed by atoms with E-state index in [4.69, 9.17) is 20.9 Å². The molecule has 0 saturated heterocycles. The van der Waals surface area contributed by atoms with Crippen molar-refractivity contribution < 1.29 is 9.05 Å². The summed E-state index contributed by atoms with van der Waals surface area (Å²) in [6.45, 7) is 7.16. The van der Waals surface area contributed by atoms with E-state index in [9.17, 15) is 0 Å². The van der Waals surface area contributed by atoms with Crippen LogP contribution in [0, 0.1) is 27.7 Å². The number of hydrogen-bond acceptors (Lipinski definition) is 4. The zero-order valence-electron chi connectivity index (χ0n) is 18.2. The van der Waals surface area contributed by atoms with Crippen LogP contribution in [0.1, 0.15) is 33.4 Å². The lowest BCUT2D eigenvalue weighted by molar-refractivity contribution is 0.308. The molecule has 1 heterocycles. The molecule has 4 rings (SSSR count). The van der Waals surface area contributed by atoms with Gasteiger partial charge >= 0.3 is 6.49 Å². The Bertz CT molecular complexity index is 1080. The highest BCUT2D eigenvalue weighted by molar-refractivity contribution is 8.13. The topological polar surface area (TPSA) is 21.7 Å². The second kappa shape index (κ2) is 8.19. The molecule has 0 saturated carbocycles. The van der Waals surface area contributed by atoms with Crippen molar-refractivity contribution in [3.8, 4) is 11.5 Å². The highest BCUT2D eigenvalue weighted by Gasteiger charge is 2.30. The molecule has 0 radical (unpaired) electrons. The van der Waals surface area contributed by atoms with Crippen LogP contribution in [-0.4, -0.2) is 11.9 Å². The minimum absolute atomic E-state index is 0.786. The van der Waals surface area contributed by atoms with E-state index in [0.717, 1.165) is 52.1 Å². The largest absolute Gasteiger partial charge is 0.432 e. The van der Waals surface area contributed by atoms with Crippen molar-refractivity contribution in [3.63, 3.8) is 0 Å². The lowest BCUT2D eigenvalue weighted by Gasteiger charge is -2.31. The van der Waals surface area contributed by atoms with Gasteiger partial charge in [-0.25, -0.2) is 0 Å². The van der Waals surface area contributed by atoms with Gasteiger partial charge in [-0.2, -0.15) is 0 Å². The van der Waals surface area contributed by atoms with Gasteiger partial charge < -0.3 is 9.05 Å². The first-order valence-electron chi connectivity index (χ1n) is 10.2. The number of aryl methyl sites for hydroxylation is 4. The molecule has 0 fully saturated rings. The smallest absolute Gasteiger partial charge is 0.319 e. The van der Waals surface area contributed by atoms with Gasteiger partial charge in [0.25, 0.3) is 0 Å². The summed E-state index contributed by atoms with van der Waals surface area (Å²) in [6.07, 6.45) is 0. The molecule has 1 aliphatic rings. The van der Waals surface area contributed by atoms with Crippen LogP contribution in [0.3, 0.4) is 0 Å². The minimum atomic E-state index is -2.84. The standard InChI is InChI=1S/C25H28NO2PS/c1-17-11-19(3)24-21(13-17)15-26(5)16-22-14-18(2)12-20(4)25(22)28-29(30,27-24)23-9-7-6-8-10-23/h6-14H,15-16H2,1-5H3.